The Hall–Kier alpha value is -1.00. The average molecular weight is 393 g/mol. The quantitative estimate of drug-likeness (QED) is 0.299. The molecular formula is C23H36O3S. The maximum atomic E-state index is 11.7. The number of aliphatic hydroxyl groups excluding tert-OH is 1. The summed E-state index contributed by atoms with van der Waals surface area (Å²) in [4.78, 5) is 11.7. The standard InChI is InChI=1S/C23H36O3S/c1-2-3-4-5-6-7-8-9-13-16-20(24)17-21-22(23(25)26-21)27-18-19-14-11-10-12-15-19/h10-12,14-15,20-22,24H,2-9,13,16-18H2,1H3/t20-,21+,22-/m1/s1. The number of ether oxygens (including phenoxy) is 1. The molecule has 0 aromatic heterocycles. The van der Waals surface area contributed by atoms with E-state index in [4.69, 9.17) is 4.74 Å². The Labute approximate surface area is 169 Å². The van der Waals surface area contributed by atoms with Gasteiger partial charge in [-0.1, -0.05) is 95.0 Å². The van der Waals surface area contributed by atoms with Crippen LogP contribution in [0.25, 0.3) is 0 Å². The van der Waals surface area contributed by atoms with Gasteiger partial charge in [0.25, 0.3) is 0 Å². The summed E-state index contributed by atoms with van der Waals surface area (Å²) < 4.78 is 5.28. The number of cyclic esters (lactones) is 1. The first-order valence-corrected chi connectivity index (χ1v) is 11.8. The smallest absolute Gasteiger partial charge is 0.323 e. The minimum Gasteiger partial charge on any atom is -0.460 e. The Kier molecular flexibility index (Phi) is 10.9. The Morgan fingerprint density at radius 3 is 2.26 bits per heavy atom. The molecular weight excluding hydrogens is 356 g/mol. The van der Waals surface area contributed by atoms with Crippen molar-refractivity contribution in [2.75, 3.05) is 0 Å². The first-order chi connectivity index (χ1) is 13.2. The molecule has 1 aliphatic heterocycles. The van der Waals surface area contributed by atoms with E-state index in [9.17, 15) is 9.90 Å². The fourth-order valence-electron chi connectivity index (χ4n) is 3.54. The van der Waals surface area contributed by atoms with E-state index in [-0.39, 0.29) is 23.4 Å². The van der Waals surface area contributed by atoms with Crippen LogP contribution in [0.3, 0.4) is 0 Å². The molecule has 0 bridgehead atoms. The first-order valence-electron chi connectivity index (χ1n) is 10.7. The molecule has 1 fully saturated rings. The van der Waals surface area contributed by atoms with Gasteiger partial charge in [-0.15, -0.1) is 11.8 Å². The molecule has 27 heavy (non-hydrogen) atoms. The van der Waals surface area contributed by atoms with Gasteiger partial charge < -0.3 is 9.84 Å². The normalized spacial score (nSPS) is 20.1. The lowest BCUT2D eigenvalue weighted by Crippen LogP contribution is -2.49. The highest BCUT2D eigenvalue weighted by Crippen LogP contribution is 2.33. The number of benzene rings is 1. The van der Waals surface area contributed by atoms with Gasteiger partial charge in [-0.3, -0.25) is 4.79 Å². The van der Waals surface area contributed by atoms with Gasteiger partial charge in [0, 0.05) is 12.2 Å². The first kappa shape index (κ1) is 22.3. The summed E-state index contributed by atoms with van der Waals surface area (Å²) in [7, 11) is 0. The third-order valence-electron chi connectivity index (χ3n) is 5.26. The topological polar surface area (TPSA) is 46.5 Å². The third-order valence-corrected chi connectivity index (χ3v) is 6.61. The predicted molar refractivity (Wildman–Crippen MR) is 114 cm³/mol. The number of thioether (sulfide) groups is 1. The molecule has 1 N–H and O–H groups in total. The summed E-state index contributed by atoms with van der Waals surface area (Å²) in [6.45, 7) is 2.25. The van der Waals surface area contributed by atoms with Gasteiger partial charge in [-0.25, -0.2) is 0 Å². The number of esters is 1. The highest BCUT2D eigenvalue weighted by Gasteiger charge is 2.43. The summed E-state index contributed by atoms with van der Waals surface area (Å²) in [5.41, 5.74) is 1.22. The number of hydrogen-bond acceptors (Lipinski definition) is 4. The molecule has 1 saturated heterocycles. The van der Waals surface area contributed by atoms with E-state index < -0.39 is 0 Å². The summed E-state index contributed by atoms with van der Waals surface area (Å²) in [5, 5.41) is 10.2. The molecule has 0 aliphatic carbocycles. The molecule has 1 aromatic carbocycles. The lowest BCUT2D eigenvalue weighted by atomic mass is 9.99. The lowest BCUT2D eigenvalue weighted by molar-refractivity contribution is -0.169. The van der Waals surface area contributed by atoms with Crippen molar-refractivity contribution in [2.24, 2.45) is 0 Å². The largest absolute Gasteiger partial charge is 0.460 e. The summed E-state index contributed by atoms with van der Waals surface area (Å²) in [6, 6.07) is 10.2. The zero-order chi connectivity index (χ0) is 19.3. The monoisotopic (exact) mass is 392 g/mol. The molecule has 0 radical (unpaired) electrons. The van der Waals surface area contributed by atoms with Gasteiger partial charge in [0.05, 0.1) is 6.10 Å². The van der Waals surface area contributed by atoms with Gasteiger partial charge >= 0.3 is 5.97 Å². The van der Waals surface area contributed by atoms with Gasteiger partial charge in [-0.2, -0.15) is 0 Å². The highest BCUT2D eigenvalue weighted by atomic mass is 32.2. The van der Waals surface area contributed by atoms with Gasteiger partial charge in [0.1, 0.15) is 11.4 Å². The molecule has 1 heterocycles. The van der Waals surface area contributed by atoms with E-state index in [2.05, 4.69) is 19.1 Å². The van der Waals surface area contributed by atoms with Crippen molar-refractivity contribution in [3.63, 3.8) is 0 Å². The van der Waals surface area contributed by atoms with Crippen LogP contribution >= 0.6 is 11.8 Å². The number of unbranched alkanes of at least 4 members (excludes halogenated alkanes) is 8. The molecule has 3 atom stereocenters. The lowest BCUT2D eigenvalue weighted by Gasteiger charge is -2.35. The van der Waals surface area contributed by atoms with E-state index in [1.54, 1.807) is 11.8 Å². The molecule has 1 aliphatic rings. The molecule has 1 aromatic rings. The molecule has 4 heteroatoms. The summed E-state index contributed by atoms with van der Waals surface area (Å²) in [6.07, 6.45) is 12.5. The Balaban J connectivity index is 1.52. The number of hydrogen-bond donors (Lipinski definition) is 1. The van der Waals surface area contributed by atoms with Crippen LogP contribution in [-0.4, -0.2) is 28.5 Å². The number of carbonyl (C=O) groups is 1. The average Bonchev–Trinajstić information content (AvgIpc) is 2.67. The summed E-state index contributed by atoms with van der Waals surface area (Å²) >= 11 is 1.63. The molecule has 0 amide bonds. The van der Waals surface area contributed by atoms with E-state index >= 15 is 0 Å². The molecule has 152 valence electrons. The van der Waals surface area contributed by atoms with E-state index in [0.717, 1.165) is 18.6 Å². The second-order valence-corrected chi connectivity index (χ2v) is 8.83. The van der Waals surface area contributed by atoms with Crippen molar-refractivity contribution in [3.8, 4) is 0 Å². The molecule has 2 rings (SSSR count). The minimum absolute atomic E-state index is 0.122. The van der Waals surface area contributed by atoms with Crippen molar-refractivity contribution < 1.29 is 14.6 Å². The Morgan fingerprint density at radius 2 is 1.63 bits per heavy atom. The van der Waals surface area contributed by atoms with Crippen LogP contribution in [0.5, 0.6) is 0 Å². The zero-order valence-corrected chi connectivity index (χ0v) is 17.6. The van der Waals surface area contributed by atoms with Crippen molar-refractivity contribution in [2.45, 2.75) is 101 Å². The maximum Gasteiger partial charge on any atom is 0.323 e. The van der Waals surface area contributed by atoms with Crippen molar-refractivity contribution in [1.29, 1.82) is 0 Å². The predicted octanol–water partition coefficient (Wildman–Crippen LogP) is 5.89. The number of aliphatic hydroxyl groups is 1. The van der Waals surface area contributed by atoms with Crippen LogP contribution in [-0.2, 0) is 15.3 Å². The van der Waals surface area contributed by atoms with Crippen LogP contribution in [0.1, 0.15) is 83.1 Å². The maximum absolute atomic E-state index is 11.7. The zero-order valence-electron chi connectivity index (χ0n) is 16.8. The fourth-order valence-corrected chi connectivity index (χ4v) is 4.68. The van der Waals surface area contributed by atoms with Crippen molar-refractivity contribution >= 4 is 17.7 Å². The summed E-state index contributed by atoms with van der Waals surface area (Å²) in [5.74, 6) is 0.682. The fraction of sp³-hybridized carbons (Fsp3) is 0.696. The van der Waals surface area contributed by atoms with Crippen LogP contribution < -0.4 is 0 Å². The minimum atomic E-state index is -0.354. The second-order valence-electron chi connectivity index (χ2n) is 7.70. The molecule has 0 spiro atoms. The van der Waals surface area contributed by atoms with E-state index in [1.165, 1.54) is 56.9 Å². The molecule has 0 unspecified atom stereocenters. The highest BCUT2D eigenvalue weighted by molar-refractivity contribution is 8.00. The van der Waals surface area contributed by atoms with Crippen LogP contribution in [0.4, 0.5) is 0 Å². The van der Waals surface area contributed by atoms with Gasteiger partial charge in [0.15, 0.2) is 0 Å². The molecule has 3 nitrogen and oxygen atoms in total. The van der Waals surface area contributed by atoms with E-state index in [1.807, 2.05) is 18.2 Å². The third kappa shape index (κ3) is 8.69. The van der Waals surface area contributed by atoms with Gasteiger partial charge in [0.2, 0.25) is 0 Å². The van der Waals surface area contributed by atoms with E-state index in [0.29, 0.717) is 6.42 Å². The second kappa shape index (κ2) is 13.2. The SMILES string of the molecule is CCCCCCCCCCC[C@@H](O)C[C@@H]1OC(=O)[C@@H]1SCc1ccccc1. The van der Waals surface area contributed by atoms with Crippen molar-refractivity contribution in [3.05, 3.63) is 35.9 Å². The Bertz CT molecular complexity index is 520. The van der Waals surface area contributed by atoms with Crippen molar-refractivity contribution in [1.82, 2.24) is 0 Å². The molecule has 0 saturated carbocycles. The Morgan fingerprint density at radius 1 is 1.00 bits per heavy atom. The number of carbonyl (C=O) groups excluding carboxylic acids is 1. The van der Waals surface area contributed by atoms with Crippen LogP contribution in [0.2, 0.25) is 0 Å². The van der Waals surface area contributed by atoms with Crippen LogP contribution in [0, 0.1) is 0 Å². The number of rotatable bonds is 15. The van der Waals surface area contributed by atoms with Gasteiger partial charge in [-0.05, 0) is 12.0 Å². The van der Waals surface area contributed by atoms with Crippen LogP contribution in [0.15, 0.2) is 30.3 Å².